The number of carbonyl (C=O) groups is 2. The van der Waals surface area contributed by atoms with Crippen LogP contribution in [-0.4, -0.2) is 60.3 Å². The summed E-state index contributed by atoms with van der Waals surface area (Å²) in [6.45, 7) is 5.82. The Morgan fingerprint density at radius 1 is 1.47 bits per heavy atom. The van der Waals surface area contributed by atoms with Gasteiger partial charge in [0, 0.05) is 37.9 Å². The molecule has 1 aromatic rings. The molecule has 2 unspecified atom stereocenters. The summed E-state index contributed by atoms with van der Waals surface area (Å²) in [6, 6.07) is 1.81. The van der Waals surface area contributed by atoms with Crippen molar-refractivity contribution in [1.82, 2.24) is 20.8 Å². The number of alkyl carbamates (subject to hydrolysis) is 1. The van der Waals surface area contributed by atoms with E-state index in [1.54, 1.807) is 13.1 Å². The molecule has 1 aliphatic rings. The second-order valence-electron chi connectivity index (χ2n) is 8.01. The molecule has 1 aliphatic carbocycles. The average Bonchev–Trinajstić information content (AvgIpc) is 3.25. The molecule has 1 saturated carbocycles. The number of ether oxygens (including phenoxy) is 2. The Kier molecular flexibility index (Phi) is 7.99. The highest BCUT2D eigenvalue weighted by molar-refractivity contribution is 6.08. The van der Waals surface area contributed by atoms with E-state index < -0.39 is 17.6 Å². The van der Waals surface area contributed by atoms with E-state index >= 15 is 0 Å². The first-order valence-electron chi connectivity index (χ1n) is 9.97. The number of carbonyl (C=O) groups excluding carboxylic acids is 2. The molecule has 0 aromatic carbocycles. The van der Waals surface area contributed by atoms with Gasteiger partial charge in [-0.3, -0.25) is 9.89 Å². The summed E-state index contributed by atoms with van der Waals surface area (Å²) in [5, 5.41) is 23.1. The first-order chi connectivity index (χ1) is 14.2. The Hall–Kier alpha value is -2.88. The highest BCUT2D eigenvalue weighted by Crippen LogP contribution is 2.42. The van der Waals surface area contributed by atoms with Crippen molar-refractivity contribution in [1.29, 1.82) is 5.41 Å². The standard InChI is InChI=1S/C20H32N6O4/c1-12(2)23-19(28)30-20(3)7-6-13(10-20)15-9-17(26-25-15)24-18(27)16(22-4)8-14(21)11-29-5/h8-9,12-13,21-22H,6-7,10-11H2,1-5H3,(H,23,28)(H2,24,25,26,27)/b16-8-,21-14?. The molecular weight excluding hydrogens is 388 g/mol. The lowest BCUT2D eigenvalue weighted by Crippen LogP contribution is -2.38. The normalized spacial score (nSPS) is 21.4. The Labute approximate surface area is 176 Å². The summed E-state index contributed by atoms with van der Waals surface area (Å²) in [4.78, 5) is 24.4. The van der Waals surface area contributed by atoms with Crippen molar-refractivity contribution in [3.8, 4) is 0 Å². The number of nitrogens with one attached hydrogen (secondary N) is 5. The monoisotopic (exact) mass is 420 g/mol. The fourth-order valence-electron chi connectivity index (χ4n) is 3.47. The van der Waals surface area contributed by atoms with Crippen molar-refractivity contribution in [3.63, 3.8) is 0 Å². The summed E-state index contributed by atoms with van der Waals surface area (Å²) in [5.41, 5.74) is 0.747. The van der Waals surface area contributed by atoms with Crippen molar-refractivity contribution in [3.05, 3.63) is 23.5 Å². The Bertz CT molecular complexity index is 803. The minimum absolute atomic E-state index is 0.0202. The number of aromatic nitrogens is 2. The number of H-pyrrole nitrogens is 1. The molecule has 1 heterocycles. The van der Waals surface area contributed by atoms with Crippen molar-refractivity contribution < 1.29 is 19.1 Å². The SMILES string of the molecule is CN/C(=C\C(=N)COC)C(=O)Nc1cc(C2CCC(C)(OC(=O)NC(C)C)C2)[nH]n1. The van der Waals surface area contributed by atoms with Gasteiger partial charge in [0.05, 0.1) is 12.3 Å². The van der Waals surface area contributed by atoms with E-state index in [0.29, 0.717) is 12.2 Å². The summed E-state index contributed by atoms with van der Waals surface area (Å²) < 4.78 is 10.5. The maximum absolute atomic E-state index is 12.4. The van der Waals surface area contributed by atoms with E-state index in [1.165, 1.54) is 13.2 Å². The molecule has 0 radical (unpaired) electrons. The Morgan fingerprint density at radius 2 is 2.20 bits per heavy atom. The van der Waals surface area contributed by atoms with Crippen LogP contribution in [0.2, 0.25) is 0 Å². The lowest BCUT2D eigenvalue weighted by Gasteiger charge is -2.25. The third-order valence-electron chi connectivity index (χ3n) is 4.86. The second-order valence-corrected chi connectivity index (χ2v) is 8.01. The molecule has 166 valence electrons. The molecule has 10 nitrogen and oxygen atoms in total. The van der Waals surface area contributed by atoms with Crippen LogP contribution in [0.15, 0.2) is 17.8 Å². The van der Waals surface area contributed by atoms with Crippen LogP contribution in [0.1, 0.15) is 51.6 Å². The summed E-state index contributed by atoms with van der Waals surface area (Å²) in [7, 11) is 3.10. The van der Waals surface area contributed by atoms with Crippen LogP contribution in [0.3, 0.4) is 0 Å². The van der Waals surface area contributed by atoms with Crippen molar-refractivity contribution >= 4 is 23.5 Å². The Morgan fingerprint density at radius 3 is 2.83 bits per heavy atom. The van der Waals surface area contributed by atoms with E-state index in [9.17, 15) is 9.59 Å². The molecule has 5 N–H and O–H groups in total. The summed E-state index contributed by atoms with van der Waals surface area (Å²) >= 11 is 0. The largest absolute Gasteiger partial charge is 0.443 e. The fraction of sp³-hybridized carbons (Fsp3) is 0.600. The fourth-order valence-corrected chi connectivity index (χ4v) is 3.47. The molecule has 1 fully saturated rings. The molecule has 0 bridgehead atoms. The lowest BCUT2D eigenvalue weighted by molar-refractivity contribution is -0.113. The maximum atomic E-state index is 12.4. The van der Waals surface area contributed by atoms with E-state index in [1.807, 2.05) is 20.8 Å². The van der Waals surface area contributed by atoms with E-state index in [2.05, 4.69) is 26.1 Å². The zero-order chi connectivity index (χ0) is 22.3. The number of likely N-dealkylation sites (N-methyl/N-ethyl adjacent to an activating group) is 1. The first kappa shape index (κ1) is 23.4. The van der Waals surface area contributed by atoms with Crippen LogP contribution in [-0.2, 0) is 14.3 Å². The molecule has 1 aromatic heterocycles. The van der Waals surface area contributed by atoms with Gasteiger partial charge in [0.15, 0.2) is 5.82 Å². The average molecular weight is 421 g/mol. The van der Waals surface area contributed by atoms with Crippen molar-refractivity contribution in [2.45, 2.75) is 57.6 Å². The number of rotatable bonds is 9. The minimum Gasteiger partial charge on any atom is -0.443 e. The minimum atomic E-state index is -0.540. The number of methoxy groups -OCH3 is 1. The number of nitrogens with zero attached hydrogens (tertiary/aromatic N) is 1. The summed E-state index contributed by atoms with van der Waals surface area (Å²) in [6.07, 6.45) is 3.27. The van der Waals surface area contributed by atoms with Crippen LogP contribution in [0, 0.1) is 5.41 Å². The topological polar surface area (TPSA) is 141 Å². The maximum Gasteiger partial charge on any atom is 0.407 e. The van der Waals surface area contributed by atoms with E-state index in [4.69, 9.17) is 14.9 Å². The van der Waals surface area contributed by atoms with Gasteiger partial charge < -0.3 is 30.8 Å². The molecule has 2 atom stereocenters. The first-order valence-corrected chi connectivity index (χ1v) is 9.97. The number of hydrogen-bond donors (Lipinski definition) is 5. The third kappa shape index (κ3) is 6.58. The predicted molar refractivity (Wildman–Crippen MR) is 114 cm³/mol. The van der Waals surface area contributed by atoms with Crippen LogP contribution >= 0.6 is 0 Å². The number of anilines is 1. The molecular formula is C20H32N6O4. The molecule has 2 rings (SSSR count). The molecule has 0 saturated heterocycles. The zero-order valence-electron chi connectivity index (χ0n) is 18.2. The smallest absolute Gasteiger partial charge is 0.407 e. The molecule has 2 amide bonds. The van der Waals surface area contributed by atoms with Crippen LogP contribution in [0.5, 0.6) is 0 Å². The van der Waals surface area contributed by atoms with Gasteiger partial charge in [-0.25, -0.2) is 4.79 Å². The van der Waals surface area contributed by atoms with Crippen LogP contribution < -0.4 is 16.0 Å². The molecule has 0 aliphatic heterocycles. The van der Waals surface area contributed by atoms with Gasteiger partial charge in [-0.1, -0.05) is 0 Å². The lowest BCUT2D eigenvalue weighted by atomic mass is 10.00. The highest BCUT2D eigenvalue weighted by atomic mass is 16.6. The van der Waals surface area contributed by atoms with Gasteiger partial charge >= 0.3 is 6.09 Å². The quantitative estimate of drug-likeness (QED) is 0.306. The molecule has 10 heteroatoms. The van der Waals surface area contributed by atoms with Crippen molar-refractivity contribution in [2.75, 3.05) is 26.1 Å². The summed E-state index contributed by atoms with van der Waals surface area (Å²) in [5.74, 6) is 0.136. The highest BCUT2D eigenvalue weighted by Gasteiger charge is 2.40. The number of amides is 2. The predicted octanol–water partition coefficient (Wildman–Crippen LogP) is 2.28. The third-order valence-corrected chi connectivity index (χ3v) is 4.86. The van der Waals surface area contributed by atoms with E-state index in [0.717, 1.165) is 18.5 Å². The number of aromatic amines is 1. The number of hydrogen-bond acceptors (Lipinski definition) is 7. The van der Waals surface area contributed by atoms with Crippen molar-refractivity contribution in [2.24, 2.45) is 0 Å². The van der Waals surface area contributed by atoms with Crippen LogP contribution in [0.25, 0.3) is 0 Å². The zero-order valence-corrected chi connectivity index (χ0v) is 18.2. The Balaban J connectivity index is 1.97. The van der Waals surface area contributed by atoms with Gasteiger partial charge in [0.1, 0.15) is 11.3 Å². The van der Waals surface area contributed by atoms with Gasteiger partial charge in [-0.15, -0.1) is 0 Å². The van der Waals surface area contributed by atoms with Crippen LogP contribution in [0.4, 0.5) is 10.6 Å². The van der Waals surface area contributed by atoms with Gasteiger partial charge in [-0.2, -0.15) is 5.10 Å². The molecule has 0 spiro atoms. The van der Waals surface area contributed by atoms with Gasteiger partial charge in [0.2, 0.25) is 0 Å². The molecule has 30 heavy (non-hydrogen) atoms. The second kappa shape index (κ2) is 10.2. The van der Waals surface area contributed by atoms with Gasteiger partial charge in [0.25, 0.3) is 5.91 Å². The van der Waals surface area contributed by atoms with E-state index in [-0.39, 0.29) is 30.0 Å². The van der Waals surface area contributed by atoms with Gasteiger partial charge in [-0.05, 0) is 46.1 Å².